The molecule has 0 amide bonds. The van der Waals surface area contributed by atoms with Crippen molar-refractivity contribution >= 4 is 45.2 Å². The van der Waals surface area contributed by atoms with E-state index in [-0.39, 0.29) is 13.4 Å². The minimum atomic E-state index is -0.396. The van der Waals surface area contributed by atoms with Crippen molar-refractivity contribution in [2.24, 2.45) is 0 Å². The summed E-state index contributed by atoms with van der Waals surface area (Å²) >= 11 is 3.58. The monoisotopic (exact) mass is 380 g/mol. The Morgan fingerprint density at radius 1 is 1.27 bits per heavy atom. The first-order valence-corrected chi connectivity index (χ1v) is 4.73. The second-order valence-electron chi connectivity index (χ2n) is 1.61. The van der Waals surface area contributed by atoms with Crippen LogP contribution in [-0.2, 0) is 0 Å². The van der Waals surface area contributed by atoms with Gasteiger partial charge in [0.25, 0.3) is 0 Å². The van der Waals surface area contributed by atoms with Crippen molar-refractivity contribution in [2.45, 2.75) is 0 Å². The molecule has 0 aliphatic carbocycles. The van der Waals surface area contributed by atoms with Crippen LogP contribution in [0, 0.1) is 13.2 Å². The Morgan fingerprint density at radius 3 is 2.09 bits per heavy atom. The largest absolute Gasteiger partial charge is 0.467 e. The molecule has 1 rings (SSSR count). The molecular weight excluding hydrogens is 377 g/mol. The Bertz CT molecular complexity index is 258. The van der Waals surface area contributed by atoms with Crippen LogP contribution in [0.2, 0.25) is 0 Å². The molecule has 1 aromatic heterocycles. The second-order valence-corrected chi connectivity index (χ2v) is 3.65. The predicted octanol–water partition coefficient (Wildman–Crippen LogP) is 1.83. The fraction of sp³-hybridized carbons (Fsp3) is 0.200. The summed E-state index contributed by atoms with van der Waals surface area (Å²) in [5.41, 5.74) is 0. The van der Waals surface area contributed by atoms with Crippen molar-refractivity contribution in [3.05, 3.63) is 13.2 Å². The zero-order chi connectivity index (χ0) is 8.43. The third-order valence-electron chi connectivity index (χ3n) is 0.932. The Morgan fingerprint density at radius 2 is 1.73 bits per heavy atom. The first-order chi connectivity index (χ1) is 5.15. The van der Waals surface area contributed by atoms with Crippen molar-refractivity contribution in [1.29, 1.82) is 0 Å². The van der Waals surface area contributed by atoms with Gasteiger partial charge in [-0.25, -0.2) is 4.39 Å². The maximum atomic E-state index is 12.9. The molecule has 1 aromatic rings. The number of aromatic nitrogens is 2. The minimum Gasteiger partial charge on any atom is -0.467 e. The molecule has 0 radical (unpaired) electrons. The van der Waals surface area contributed by atoms with Gasteiger partial charge in [0.1, 0.15) is 7.40 Å². The first kappa shape index (κ1) is 9.36. The van der Waals surface area contributed by atoms with E-state index in [0.717, 1.165) is 0 Å². The van der Waals surface area contributed by atoms with Crippen molar-refractivity contribution in [3.8, 4) is 6.01 Å². The van der Waals surface area contributed by atoms with E-state index in [9.17, 15) is 4.39 Å². The van der Waals surface area contributed by atoms with Crippen molar-refractivity contribution in [1.82, 2.24) is 9.97 Å². The summed E-state index contributed by atoms with van der Waals surface area (Å²) in [4.78, 5) is 7.45. The molecule has 0 aliphatic heterocycles. The number of hydrogen-bond acceptors (Lipinski definition) is 3. The van der Waals surface area contributed by atoms with Crippen LogP contribution in [0.5, 0.6) is 6.01 Å². The van der Waals surface area contributed by atoms with Crippen LogP contribution in [0.3, 0.4) is 0 Å². The van der Waals surface area contributed by atoms with Crippen molar-refractivity contribution in [2.75, 3.05) is 7.11 Å². The molecule has 0 unspecified atom stereocenters. The van der Waals surface area contributed by atoms with E-state index in [4.69, 9.17) is 4.74 Å². The van der Waals surface area contributed by atoms with Gasteiger partial charge in [0.2, 0.25) is 0 Å². The van der Waals surface area contributed by atoms with Crippen LogP contribution in [0.15, 0.2) is 0 Å². The molecule has 0 bridgehead atoms. The summed E-state index contributed by atoms with van der Waals surface area (Å²) in [7, 11) is 1.44. The summed E-state index contributed by atoms with van der Waals surface area (Å²) in [6, 6.07) is 0.195. The van der Waals surface area contributed by atoms with Gasteiger partial charge in [-0.15, -0.1) is 0 Å². The third kappa shape index (κ3) is 2.10. The Balaban J connectivity index is 3.21. The molecular formula is C5H3FI2N2O. The molecule has 0 aromatic carbocycles. The summed E-state index contributed by atoms with van der Waals surface area (Å²) in [5, 5.41) is 0. The van der Waals surface area contributed by atoms with Gasteiger partial charge in [-0.2, -0.15) is 9.97 Å². The molecule has 0 atom stereocenters. The van der Waals surface area contributed by atoms with E-state index in [1.54, 1.807) is 45.2 Å². The molecule has 1 heterocycles. The number of ether oxygens (including phenoxy) is 1. The van der Waals surface area contributed by atoms with Gasteiger partial charge in [-0.1, -0.05) is 0 Å². The highest BCUT2D eigenvalue weighted by atomic mass is 127. The van der Waals surface area contributed by atoms with Gasteiger partial charge in [0.05, 0.1) is 7.11 Å². The van der Waals surface area contributed by atoms with Gasteiger partial charge in [-0.3, -0.25) is 0 Å². The molecule has 60 valence electrons. The molecule has 0 aliphatic rings. The Hall–Kier alpha value is 0.270. The summed E-state index contributed by atoms with van der Waals surface area (Å²) < 4.78 is 18.1. The second kappa shape index (κ2) is 3.78. The van der Waals surface area contributed by atoms with E-state index in [1.165, 1.54) is 7.11 Å². The lowest BCUT2D eigenvalue weighted by Crippen LogP contribution is -2.00. The summed E-state index contributed by atoms with van der Waals surface area (Å²) in [6.45, 7) is 0. The van der Waals surface area contributed by atoms with Gasteiger partial charge < -0.3 is 4.74 Å². The topological polar surface area (TPSA) is 35.0 Å². The maximum absolute atomic E-state index is 12.9. The number of rotatable bonds is 1. The fourth-order valence-electron chi connectivity index (χ4n) is 0.468. The smallest absolute Gasteiger partial charge is 0.318 e. The summed E-state index contributed by atoms with van der Waals surface area (Å²) in [6.07, 6.45) is 0. The maximum Gasteiger partial charge on any atom is 0.318 e. The predicted molar refractivity (Wildman–Crippen MR) is 54.0 cm³/mol. The SMILES string of the molecule is COc1nc(I)c(F)c(I)n1. The van der Waals surface area contributed by atoms with E-state index in [0.29, 0.717) is 0 Å². The lowest BCUT2D eigenvalue weighted by molar-refractivity contribution is 0.373. The van der Waals surface area contributed by atoms with E-state index in [2.05, 4.69) is 9.97 Å². The third-order valence-corrected chi connectivity index (χ3v) is 2.36. The zero-order valence-corrected chi connectivity index (χ0v) is 9.75. The molecule has 11 heavy (non-hydrogen) atoms. The van der Waals surface area contributed by atoms with Gasteiger partial charge in [0.15, 0.2) is 5.82 Å². The first-order valence-electron chi connectivity index (χ1n) is 2.57. The summed E-state index contributed by atoms with van der Waals surface area (Å²) in [5.74, 6) is -0.396. The molecule has 6 heteroatoms. The Kier molecular flexibility index (Phi) is 3.22. The molecule has 0 saturated heterocycles. The van der Waals surface area contributed by atoms with Crippen molar-refractivity contribution < 1.29 is 9.13 Å². The molecule has 0 saturated carbocycles. The van der Waals surface area contributed by atoms with E-state index in [1.807, 2.05) is 0 Å². The van der Waals surface area contributed by atoms with Gasteiger partial charge in [0, 0.05) is 0 Å². The highest BCUT2D eigenvalue weighted by molar-refractivity contribution is 14.1. The van der Waals surface area contributed by atoms with Gasteiger partial charge in [-0.05, 0) is 45.2 Å². The average Bonchev–Trinajstić information content (AvgIpc) is 1.99. The highest BCUT2D eigenvalue weighted by Gasteiger charge is 2.09. The van der Waals surface area contributed by atoms with Crippen LogP contribution in [-0.4, -0.2) is 17.1 Å². The number of methoxy groups -OCH3 is 1. The fourth-order valence-corrected chi connectivity index (χ4v) is 1.91. The normalized spacial score (nSPS) is 9.82. The average molecular weight is 380 g/mol. The standard InChI is InChI=1S/C5H3FI2N2O/c1-11-5-9-3(7)2(6)4(8)10-5/h1H3. The molecule has 0 spiro atoms. The molecule has 0 N–H and O–H groups in total. The number of nitrogens with zero attached hydrogens (tertiary/aromatic N) is 2. The minimum absolute atomic E-state index is 0.195. The van der Waals surface area contributed by atoms with Gasteiger partial charge >= 0.3 is 6.01 Å². The van der Waals surface area contributed by atoms with Crippen LogP contribution in [0.1, 0.15) is 0 Å². The number of halogens is 3. The molecule has 0 fully saturated rings. The number of hydrogen-bond donors (Lipinski definition) is 0. The Labute approximate surface area is 90.0 Å². The zero-order valence-electron chi connectivity index (χ0n) is 5.44. The van der Waals surface area contributed by atoms with Crippen molar-refractivity contribution in [3.63, 3.8) is 0 Å². The molecule has 3 nitrogen and oxygen atoms in total. The van der Waals surface area contributed by atoms with Crippen LogP contribution in [0.25, 0.3) is 0 Å². The van der Waals surface area contributed by atoms with Crippen LogP contribution < -0.4 is 4.74 Å². The van der Waals surface area contributed by atoms with E-state index >= 15 is 0 Å². The highest BCUT2D eigenvalue weighted by Crippen LogP contribution is 2.16. The van der Waals surface area contributed by atoms with Crippen LogP contribution in [0.4, 0.5) is 4.39 Å². The lowest BCUT2D eigenvalue weighted by Gasteiger charge is -1.99. The quantitative estimate of drug-likeness (QED) is 0.551. The van der Waals surface area contributed by atoms with Crippen LogP contribution >= 0.6 is 45.2 Å². The lowest BCUT2D eigenvalue weighted by atomic mass is 10.6. The van der Waals surface area contributed by atoms with E-state index < -0.39 is 5.82 Å².